The van der Waals surface area contributed by atoms with E-state index in [0.717, 1.165) is 5.56 Å². The van der Waals surface area contributed by atoms with Crippen LogP contribution in [-0.4, -0.2) is 11.1 Å². The molecule has 3 aliphatic rings. The van der Waals surface area contributed by atoms with Crippen LogP contribution in [0.1, 0.15) is 24.8 Å². The van der Waals surface area contributed by atoms with Gasteiger partial charge in [-0.1, -0.05) is 18.2 Å². The molecular weight excluding hydrogens is 162 g/mol. The molecule has 0 spiro atoms. The minimum atomic E-state index is 0.121. The second-order valence-electron chi connectivity index (χ2n) is 4.18. The van der Waals surface area contributed by atoms with Gasteiger partial charge in [-0.05, 0) is 25.3 Å². The Morgan fingerprint density at radius 1 is 1.38 bits per heavy atom. The van der Waals surface area contributed by atoms with E-state index in [1.807, 2.05) is 18.2 Å². The van der Waals surface area contributed by atoms with Crippen LogP contribution in [0.25, 0.3) is 0 Å². The van der Waals surface area contributed by atoms with Gasteiger partial charge in [0.15, 0.2) is 0 Å². The van der Waals surface area contributed by atoms with E-state index >= 15 is 0 Å². The summed E-state index contributed by atoms with van der Waals surface area (Å²) >= 11 is 0. The van der Waals surface area contributed by atoms with Crippen molar-refractivity contribution in [3.8, 4) is 5.75 Å². The fraction of sp³-hybridized carbons (Fsp3) is 0.455. The van der Waals surface area contributed by atoms with E-state index in [-0.39, 0.29) is 5.54 Å². The van der Waals surface area contributed by atoms with Crippen LogP contribution in [0.4, 0.5) is 0 Å². The molecule has 1 saturated carbocycles. The van der Waals surface area contributed by atoms with E-state index in [1.54, 1.807) is 6.07 Å². The van der Waals surface area contributed by atoms with E-state index in [2.05, 4.69) is 5.32 Å². The SMILES string of the molecule is Oc1ccccc1C12CCC(C1)N2. The average molecular weight is 175 g/mol. The third-order valence-corrected chi connectivity index (χ3v) is 3.41. The Bertz CT molecular complexity index is 336. The maximum atomic E-state index is 9.72. The molecule has 2 saturated heterocycles. The molecule has 2 atom stereocenters. The third kappa shape index (κ3) is 0.866. The minimum Gasteiger partial charge on any atom is -0.508 e. The van der Waals surface area contributed by atoms with Gasteiger partial charge in [0.1, 0.15) is 5.75 Å². The molecule has 1 aromatic carbocycles. The third-order valence-electron chi connectivity index (χ3n) is 3.41. The number of rotatable bonds is 1. The van der Waals surface area contributed by atoms with Gasteiger partial charge >= 0.3 is 0 Å². The Kier molecular flexibility index (Phi) is 1.29. The van der Waals surface area contributed by atoms with Gasteiger partial charge in [-0.2, -0.15) is 0 Å². The summed E-state index contributed by atoms with van der Waals surface area (Å²) in [5, 5.41) is 13.2. The fourth-order valence-corrected chi connectivity index (χ4v) is 2.76. The molecule has 0 radical (unpaired) electrons. The van der Waals surface area contributed by atoms with Gasteiger partial charge in [0.25, 0.3) is 0 Å². The molecule has 2 aliphatic heterocycles. The average Bonchev–Trinajstić information content (AvgIpc) is 2.63. The predicted molar refractivity (Wildman–Crippen MR) is 50.6 cm³/mol. The van der Waals surface area contributed by atoms with Gasteiger partial charge in [-0.15, -0.1) is 0 Å². The first-order chi connectivity index (χ1) is 6.30. The molecule has 68 valence electrons. The van der Waals surface area contributed by atoms with Gasteiger partial charge in [-0.25, -0.2) is 0 Å². The normalized spacial score (nSPS) is 35.8. The van der Waals surface area contributed by atoms with Crippen molar-refractivity contribution in [3.05, 3.63) is 29.8 Å². The number of para-hydroxylation sites is 1. The largest absolute Gasteiger partial charge is 0.508 e. The van der Waals surface area contributed by atoms with E-state index in [4.69, 9.17) is 0 Å². The first kappa shape index (κ1) is 7.39. The van der Waals surface area contributed by atoms with Crippen molar-refractivity contribution < 1.29 is 5.11 Å². The topological polar surface area (TPSA) is 32.3 Å². The molecule has 2 heteroatoms. The van der Waals surface area contributed by atoms with Gasteiger partial charge in [0.2, 0.25) is 0 Å². The highest BCUT2D eigenvalue weighted by Crippen LogP contribution is 2.50. The smallest absolute Gasteiger partial charge is 0.120 e. The summed E-state index contributed by atoms with van der Waals surface area (Å²) < 4.78 is 0. The first-order valence-electron chi connectivity index (χ1n) is 4.86. The van der Waals surface area contributed by atoms with Crippen molar-refractivity contribution >= 4 is 0 Å². The maximum absolute atomic E-state index is 9.72. The van der Waals surface area contributed by atoms with E-state index in [1.165, 1.54) is 19.3 Å². The molecule has 2 nitrogen and oxygen atoms in total. The lowest BCUT2D eigenvalue weighted by Gasteiger charge is -2.41. The van der Waals surface area contributed by atoms with Gasteiger partial charge in [0.05, 0.1) is 0 Å². The Morgan fingerprint density at radius 3 is 2.77 bits per heavy atom. The molecule has 1 aromatic rings. The number of fused-ring (bicyclic) bond motifs is 1. The molecule has 2 N–H and O–H groups in total. The van der Waals surface area contributed by atoms with Crippen LogP contribution in [0.3, 0.4) is 0 Å². The Labute approximate surface area is 77.6 Å². The second kappa shape index (κ2) is 2.26. The number of aromatic hydroxyl groups is 1. The van der Waals surface area contributed by atoms with E-state index < -0.39 is 0 Å². The zero-order valence-electron chi connectivity index (χ0n) is 7.46. The van der Waals surface area contributed by atoms with Crippen LogP contribution in [0.15, 0.2) is 24.3 Å². The van der Waals surface area contributed by atoms with Gasteiger partial charge < -0.3 is 10.4 Å². The van der Waals surface area contributed by atoms with Gasteiger partial charge in [-0.3, -0.25) is 0 Å². The summed E-state index contributed by atoms with van der Waals surface area (Å²) in [5.74, 6) is 0.440. The highest BCUT2D eigenvalue weighted by Gasteiger charge is 2.51. The highest BCUT2D eigenvalue weighted by atomic mass is 16.3. The van der Waals surface area contributed by atoms with Crippen molar-refractivity contribution in [2.75, 3.05) is 0 Å². The summed E-state index contributed by atoms with van der Waals surface area (Å²) in [6.45, 7) is 0. The summed E-state index contributed by atoms with van der Waals surface area (Å²) in [6.07, 6.45) is 3.63. The van der Waals surface area contributed by atoms with Gasteiger partial charge in [0, 0.05) is 17.1 Å². The van der Waals surface area contributed by atoms with Crippen molar-refractivity contribution in [2.45, 2.75) is 30.8 Å². The van der Waals surface area contributed by atoms with Crippen molar-refractivity contribution in [1.82, 2.24) is 5.32 Å². The summed E-state index contributed by atoms with van der Waals surface area (Å²) in [5.41, 5.74) is 1.21. The minimum absolute atomic E-state index is 0.121. The highest BCUT2D eigenvalue weighted by molar-refractivity contribution is 5.41. The quantitative estimate of drug-likeness (QED) is 0.681. The Morgan fingerprint density at radius 2 is 2.15 bits per heavy atom. The lowest BCUT2D eigenvalue weighted by atomic mass is 9.82. The number of phenolic OH excluding ortho intramolecular Hbond substituents is 1. The Hall–Kier alpha value is -1.02. The monoisotopic (exact) mass is 175 g/mol. The zero-order valence-corrected chi connectivity index (χ0v) is 7.46. The summed E-state index contributed by atoms with van der Waals surface area (Å²) in [4.78, 5) is 0. The number of phenols is 1. The second-order valence-corrected chi connectivity index (χ2v) is 4.18. The standard InChI is InChI=1S/C11H13NO/c13-10-4-2-1-3-9(10)11-6-5-8(7-11)12-11/h1-4,8,12-13H,5-7H2. The predicted octanol–water partition coefficient (Wildman–Crippen LogP) is 1.74. The number of benzene rings is 1. The lowest BCUT2D eigenvalue weighted by molar-refractivity contribution is 0.219. The van der Waals surface area contributed by atoms with Crippen molar-refractivity contribution in [1.29, 1.82) is 0 Å². The molecular formula is C11H13NO. The van der Waals surface area contributed by atoms with Crippen LogP contribution in [-0.2, 0) is 5.54 Å². The molecule has 2 unspecified atom stereocenters. The number of nitrogens with one attached hydrogen (secondary N) is 1. The lowest BCUT2D eigenvalue weighted by Crippen LogP contribution is -2.53. The van der Waals surface area contributed by atoms with E-state index in [0.29, 0.717) is 11.8 Å². The van der Waals surface area contributed by atoms with Crippen LogP contribution >= 0.6 is 0 Å². The molecule has 0 amide bonds. The molecule has 0 aromatic heterocycles. The molecule has 1 aliphatic carbocycles. The summed E-state index contributed by atoms with van der Waals surface area (Å²) in [7, 11) is 0. The van der Waals surface area contributed by atoms with Crippen LogP contribution in [0.2, 0.25) is 0 Å². The molecule has 13 heavy (non-hydrogen) atoms. The fourth-order valence-electron chi connectivity index (χ4n) is 2.76. The van der Waals surface area contributed by atoms with Crippen molar-refractivity contribution in [3.63, 3.8) is 0 Å². The van der Waals surface area contributed by atoms with Crippen LogP contribution in [0, 0.1) is 0 Å². The molecule has 2 heterocycles. The summed E-state index contributed by atoms with van der Waals surface area (Å²) in [6, 6.07) is 8.39. The van der Waals surface area contributed by atoms with Crippen LogP contribution in [0.5, 0.6) is 5.75 Å². The molecule has 2 bridgehead atoms. The maximum Gasteiger partial charge on any atom is 0.120 e. The molecule has 3 fully saturated rings. The Balaban J connectivity index is 2.05. The number of hydrogen-bond acceptors (Lipinski definition) is 2. The van der Waals surface area contributed by atoms with E-state index in [9.17, 15) is 5.11 Å². The van der Waals surface area contributed by atoms with Crippen LogP contribution < -0.4 is 5.32 Å². The molecule has 4 rings (SSSR count). The van der Waals surface area contributed by atoms with Crippen molar-refractivity contribution in [2.24, 2.45) is 0 Å². The number of hydrogen-bond donors (Lipinski definition) is 2. The first-order valence-corrected chi connectivity index (χ1v) is 4.86. The zero-order chi connectivity index (χ0) is 8.89.